The Kier molecular flexibility index (Phi) is 10.1. The lowest BCUT2D eigenvalue weighted by Gasteiger charge is -2.35. The molecule has 59 heavy (non-hydrogen) atoms. The number of halogens is 2. The summed E-state index contributed by atoms with van der Waals surface area (Å²) in [6, 6.07) is 49.1. The highest BCUT2D eigenvalue weighted by atomic mass is 19.1. The Morgan fingerprint density at radius 2 is 0.797 bits per heavy atom. The molecular formula is C55H46F2N2. The molecule has 6 aromatic carbocycles. The average molecular weight is 773 g/mol. The molecule has 0 unspecified atom stereocenters. The molecule has 2 aromatic heterocycles. The summed E-state index contributed by atoms with van der Waals surface area (Å²) < 4.78 is 27.2. The van der Waals surface area contributed by atoms with Crippen LogP contribution in [-0.4, -0.2) is 9.97 Å². The lowest BCUT2D eigenvalue weighted by molar-refractivity contribution is 0.537. The van der Waals surface area contributed by atoms with Crippen LogP contribution in [0.25, 0.3) is 67.0 Å². The van der Waals surface area contributed by atoms with Gasteiger partial charge in [0.15, 0.2) is 0 Å². The maximum absolute atomic E-state index is 13.6. The van der Waals surface area contributed by atoms with E-state index in [2.05, 4.69) is 125 Å². The Hall–Kier alpha value is -6.52. The first-order chi connectivity index (χ1) is 28.6. The van der Waals surface area contributed by atoms with Gasteiger partial charge >= 0.3 is 0 Å². The lowest BCUT2D eigenvalue weighted by Crippen LogP contribution is -2.26. The molecule has 9 rings (SSSR count). The number of benzene rings is 6. The van der Waals surface area contributed by atoms with Crippen LogP contribution in [0.1, 0.15) is 59.1 Å². The predicted molar refractivity (Wildman–Crippen MR) is 239 cm³/mol. The summed E-state index contributed by atoms with van der Waals surface area (Å²) in [5, 5.41) is 0. The fourth-order valence-electron chi connectivity index (χ4n) is 9.39. The maximum atomic E-state index is 13.6. The van der Waals surface area contributed by atoms with Gasteiger partial charge in [-0.05, 0) is 133 Å². The number of nitrogens with zero attached hydrogens (tertiary/aromatic N) is 2. The molecule has 1 aliphatic rings. The van der Waals surface area contributed by atoms with E-state index < -0.39 is 0 Å². The molecule has 0 spiro atoms. The van der Waals surface area contributed by atoms with Crippen LogP contribution in [0.2, 0.25) is 0 Å². The van der Waals surface area contributed by atoms with Gasteiger partial charge in [0.1, 0.15) is 11.6 Å². The van der Waals surface area contributed by atoms with Crippen molar-refractivity contribution in [2.75, 3.05) is 0 Å². The van der Waals surface area contributed by atoms with Gasteiger partial charge in [-0.2, -0.15) is 0 Å². The molecule has 4 heteroatoms. The first-order valence-electron chi connectivity index (χ1n) is 20.5. The molecule has 0 bridgehead atoms. The average Bonchev–Trinajstić information content (AvgIpc) is 3.75. The summed E-state index contributed by atoms with van der Waals surface area (Å²) in [5.74, 6) is -0.489. The number of hydrogen-bond acceptors (Lipinski definition) is 2. The van der Waals surface area contributed by atoms with E-state index in [0.717, 1.165) is 68.7 Å². The Labute approximate surface area is 346 Å². The van der Waals surface area contributed by atoms with Gasteiger partial charge in [0.2, 0.25) is 0 Å². The first kappa shape index (κ1) is 38.0. The van der Waals surface area contributed by atoms with Crippen molar-refractivity contribution in [2.45, 2.75) is 58.8 Å². The third-order valence-corrected chi connectivity index (χ3v) is 12.3. The minimum Gasteiger partial charge on any atom is -0.256 e. The van der Waals surface area contributed by atoms with Crippen molar-refractivity contribution < 1.29 is 8.78 Å². The van der Waals surface area contributed by atoms with Gasteiger partial charge in [0.05, 0.1) is 11.4 Å². The number of pyridine rings is 2. The van der Waals surface area contributed by atoms with Crippen LogP contribution in [0.15, 0.2) is 158 Å². The topological polar surface area (TPSA) is 25.8 Å². The van der Waals surface area contributed by atoms with Crippen molar-refractivity contribution in [3.05, 3.63) is 203 Å². The second-order valence-electron chi connectivity index (χ2n) is 16.3. The molecule has 1 aliphatic carbocycles. The first-order valence-corrected chi connectivity index (χ1v) is 20.5. The van der Waals surface area contributed by atoms with Gasteiger partial charge in [-0.1, -0.05) is 133 Å². The normalized spacial score (nSPS) is 13.5. The molecule has 1 saturated carbocycles. The van der Waals surface area contributed by atoms with Gasteiger partial charge in [-0.25, -0.2) is 8.78 Å². The van der Waals surface area contributed by atoms with E-state index in [-0.39, 0.29) is 17.0 Å². The number of aromatic nitrogens is 2. The lowest BCUT2D eigenvalue weighted by atomic mass is 9.67. The summed E-state index contributed by atoms with van der Waals surface area (Å²) in [7, 11) is 0. The van der Waals surface area contributed by atoms with Gasteiger partial charge < -0.3 is 0 Å². The van der Waals surface area contributed by atoms with Crippen molar-refractivity contribution in [1.29, 1.82) is 0 Å². The minimum absolute atomic E-state index is 0.149. The van der Waals surface area contributed by atoms with Gasteiger partial charge in [-0.3, -0.25) is 9.97 Å². The Morgan fingerprint density at radius 3 is 1.20 bits per heavy atom. The fourth-order valence-corrected chi connectivity index (χ4v) is 9.39. The van der Waals surface area contributed by atoms with Crippen LogP contribution in [0, 0.1) is 39.3 Å². The van der Waals surface area contributed by atoms with Crippen molar-refractivity contribution in [3.8, 4) is 67.0 Å². The van der Waals surface area contributed by atoms with E-state index in [1.807, 2.05) is 12.4 Å². The Balaban J connectivity index is 1.12. The quantitative estimate of drug-likeness (QED) is 0.154. The number of hydrogen-bond donors (Lipinski definition) is 0. The zero-order chi connectivity index (χ0) is 40.7. The molecule has 0 N–H and O–H groups in total. The van der Waals surface area contributed by atoms with Crippen LogP contribution in [0.4, 0.5) is 8.78 Å². The van der Waals surface area contributed by atoms with E-state index in [9.17, 15) is 8.78 Å². The van der Waals surface area contributed by atoms with Gasteiger partial charge in [0.25, 0.3) is 0 Å². The van der Waals surface area contributed by atoms with Crippen molar-refractivity contribution in [3.63, 3.8) is 0 Å². The summed E-state index contributed by atoms with van der Waals surface area (Å²) in [5.41, 5.74) is 20.1. The number of aryl methyl sites for hydroxylation is 4. The highest BCUT2D eigenvalue weighted by molar-refractivity contribution is 5.84. The van der Waals surface area contributed by atoms with Crippen LogP contribution in [0.5, 0.6) is 0 Å². The number of rotatable bonds is 8. The van der Waals surface area contributed by atoms with Crippen molar-refractivity contribution in [2.24, 2.45) is 0 Å². The summed E-state index contributed by atoms with van der Waals surface area (Å²) >= 11 is 0. The molecule has 1 fully saturated rings. The fraction of sp³-hybridized carbons (Fsp3) is 0.164. The van der Waals surface area contributed by atoms with E-state index in [1.54, 1.807) is 24.3 Å². The molecule has 2 heterocycles. The monoisotopic (exact) mass is 772 g/mol. The smallest absolute Gasteiger partial charge is 0.123 e. The molecule has 0 radical (unpaired) electrons. The second kappa shape index (κ2) is 15.7. The highest BCUT2D eigenvalue weighted by Gasteiger charge is 2.41. The zero-order valence-corrected chi connectivity index (χ0v) is 34.0. The Morgan fingerprint density at radius 1 is 0.424 bits per heavy atom. The predicted octanol–water partition coefficient (Wildman–Crippen LogP) is 14.9. The van der Waals surface area contributed by atoms with Gasteiger partial charge in [0, 0.05) is 40.1 Å². The summed E-state index contributed by atoms with van der Waals surface area (Å²) in [6.45, 7) is 8.60. The maximum Gasteiger partial charge on any atom is 0.123 e. The van der Waals surface area contributed by atoms with E-state index in [4.69, 9.17) is 9.97 Å². The van der Waals surface area contributed by atoms with E-state index in [1.165, 1.54) is 81.6 Å². The molecule has 0 aliphatic heterocycles. The third-order valence-electron chi connectivity index (χ3n) is 12.3. The zero-order valence-electron chi connectivity index (χ0n) is 34.0. The summed E-state index contributed by atoms with van der Waals surface area (Å²) in [6.07, 6.45) is 8.32. The largest absolute Gasteiger partial charge is 0.256 e. The SMILES string of the molecule is Cc1cc(C)cc(C2(c3c(-c4ccc(-c5cc(C)c(-c6ccc(F)cc6)cn5)cc4)cccc3-c3ccc(-c4cc(C)c(-c5ccc(F)cc5)cn4)cc3)CCCC2)c1. The molecule has 0 saturated heterocycles. The third kappa shape index (κ3) is 7.40. The van der Waals surface area contributed by atoms with Gasteiger partial charge in [-0.15, -0.1) is 0 Å². The molecular weight excluding hydrogens is 727 g/mol. The van der Waals surface area contributed by atoms with Crippen molar-refractivity contribution >= 4 is 0 Å². The molecule has 0 atom stereocenters. The van der Waals surface area contributed by atoms with E-state index in [0.29, 0.717) is 0 Å². The van der Waals surface area contributed by atoms with Crippen LogP contribution in [-0.2, 0) is 5.41 Å². The Bertz CT molecular complexity index is 2620. The van der Waals surface area contributed by atoms with Crippen molar-refractivity contribution in [1.82, 2.24) is 9.97 Å². The summed E-state index contributed by atoms with van der Waals surface area (Å²) in [4.78, 5) is 9.71. The second-order valence-corrected chi connectivity index (χ2v) is 16.3. The van der Waals surface area contributed by atoms with Crippen LogP contribution >= 0.6 is 0 Å². The van der Waals surface area contributed by atoms with Crippen LogP contribution < -0.4 is 0 Å². The minimum atomic E-state index is -0.245. The molecule has 8 aromatic rings. The van der Waals surface area contributed by atoms with E-state index >= 15 is 0 Å². The highest BCUT2D eigenvalue weighted by Crippen LogP contribution is 2.53. The molecule has 290 valence electrons. The molecule has 2 nitrogen and oxygen atoms in total. The van der Waals surface area contributed by atoms with Crippen LogP contribution in [0.3, 0.4) is 0 Å². The molecule has 0 amide bonds. The standard InChI is InChI=1S/C55H46F2N2/c1-35-28-36(2)30-45(29-35)55(26-5-6-27-55)54-48(39-10-14-43(15-11-39)52-31-37(3)50(33-58-52)41-18-22-46(56)23-19-41)8-7-9-49(54)40-12-16-44(17-13-40)53-32-38(4)51(34-59-53)42-20-24-47(57)25-21-42/h7-25,28-34H,5-6,26-27H2,1-4H3.